The topological polar surface area (TPSA) is 64.3 Å². The summed E-state index contributed by atoms with van der Waals surface area (Å²) in [6.07, 6.45) is 0. The highest BCUT2D eigenvalue weighted by Gasteiger charge is 2.26. The molecule has 0 aliphatic carbocycles. The first-order chi connectivity index (χ1) is 14.3. The molecule has 0 saturated heterocycles. The molecule has 0 unspecified atom stereocenters. The molecule has 0 aliphatic heterocycles. The molecule has 4 aromatic rings. The average molecular weight is 416 g/mol. The van der Waals surface area contributed by atoms with Crippen molar-refractivity contribution in [1.29, 1.82) is 0 Å². The summed E-state index contributed by atoms with van der Waals surface area (Å²) in [7, 11) is -1.69. The first-order valence-electron chi connectivity index (χ1n) is 9.77. The van der Waals surface area contributed by atoms with Crippen molar-refractivity contribution in [3.8, 4) is 0 Å². The Morgan fingerprint density at radius 3 is 2.00 bits per heavy atom. The lowest BCUT2D eigenvalue weighted by Gasteiger charge is -2.20. The van der Waals surface area contributed by atoms with Crippen LogP contribution in [0.3, 0.4) is 0 Å². The van der Waals surface area contributed by atoms with Crippen LogP contribution < -0.4 is 14.9 Å². The summed E-state index contributed by atoms with van der Waals surface area (Å²) >= 11 is 0. The van der Waals surface area contributed by atoms with E-state index in [2.05, 4.69) is 25.9 Å². The van der Waals surface area contributed by atoms with E-state index in [4.69, 9.17) is 4.53 Å². The first kappa shape index (κ1) is 19.9. The molecule has 0 aliphatic rings. The van der Waals surface area contributed by atoms with E-state index in [1.54, 1.807) is 0 Å². The number of hydrogen-bond acceptors (Lipinski definition) is 3. The second-order valence-electron chi connectivity index (χ2n) is 8.16. The minimum absolute atomic E-state index is 0.00654. The molecule has 0 saturated carbocycles. The van der Waals surface area contributed by atoms with Crippen LogP contribution in [0.15, 0.2) is 78.9 Å². The van der Waals surface area contributed by atoms with Gasteiger partial charge < -0.3 is 9.63 Å². The number of benzene rings is 3. The standard InChI is InChI=1S/C24H23N2O3Si/c1-24(2,3)17-14-15-20-21(16-17)26(25-22(20)23(27)28)29-30(18-10-6-4-7-11-18)19-12-8-5-9-13-19/h4-16H,1-3H3,(H,27,28). The fourth-order valence-electron chi connectivity index (χ4n) is 3.32. The van der Waals surface area contributed by atoms with Gasteiger partial charge in [-0.3, -0.25) is 0 Å². The average Bonchev–Trinajstić information content (AvgIpc) is 3.11. The van der Waals surface area contributed by atoms with Crippen molar-refractivity contribution in [2.24, 2.45) is 0 Å². The number of hydrogen-bond donors (Lipinski definition) is 1. The van der Waals surface area contributed by atoms with Crippen molar-refractivity contribution in [2.45, 2.75) is 26.2 Å². The molecule has 0 spiro atoms. The lowest BCUT2D eigenvalue weighted by Crippen LogP contribution is -2.51. The molecule has 4 rings (SSSR count). The van der Waals surface area contributed by atoms with Crippen LogP contribution in [-0.4, -0.2) is 30.1 Å². The number of carboxylic acid groups (broad SMARTS) is 1. The summed E-state index contributed by atoms with van der Waals surface area (Å²) in [4.78, 5) is 13.2. The van der Waals surface area contributed by atoms with E-state index in [-0.39, 0.29) is 11.1 Å². The Morgan fingerprint density at radius 1 is 0.933 bits per heavy atom. The van der Waals surface area contributed by atoms with E-state index < -0.39 is 15.0 Å². The second kappa shape index (κ2) is 7.80. The highest BCUT2D eigenvalue weighted by atomic mass is 28.3. The molecule has 1 aromatic heterocycles. The molecule has 6 heteroatoms. The molecule has 5 nitrogen and oxygen atoms in total. The minimum Gasteiger partial charge on any atom is -0.476 e. The number of aromatic carboxylic acids is 1. The van der Waals surface area contributed by atoms with Gasteiger partial charge in [-0.05, 0) is 33.5 Å². The largest absolute Gasteiger partial charge is 0.476 e. The van der Waals surface area contributed by atoms with Gasteiger partial charge in [-0.15, -0.1) is 9.94 Å². The predicted octanol–water partition coefficient (Wildman–Crippen LogP) is 3.27. The lowest BCUT2D eigenvalue weighted by atomic mass is 9.86. The Bertz CT molecular complexity index is 1140. The molecule has 0 atom stereocenters. The van der Waals surface area contributed by atoms with E-state index in [0.29, 0.717) is 10.9 Å². The van der Waals surface area contributed by atoms with E-state index in [1.165, 1.54) is 4.85 Å². The van der Waals surface area contributed by atoms with Crippen LogP contribution in [-0.2, 0) is 5.41 Å². The number of carbonyl (C=O) groups is 1. The Hall–Kier alpha value is -3.38. The maximum absolute atomic E-state index is 11.8. The summed E-state index contributed by atoms with van der Waals surface area (Å²) in [6.45, 7) is 6.37. The zero-order valence-corrected chi connectivity index (χ0v) is 18.2. The molecule has 30 heavy (non-hydrogen) atoms. The van der Waals surface area contributed by atoms with Gasteiger partial charge in [0.2, 0.25) is 0 Å². The van der Waals surface area contributed by atoms with E-state index in [0.717, 1.165) is 15.9 Å². The van der Waals surface area contributed by atoms with E-state index in [9.17, 15) is 9.90 Å². The summed E-state index contributed by atoms with van der Waals surface area (Å²) in [6, 6.07) is 25.7. The zero-order valence-electron chi connectivity index (χ0n) is 17.2. The fourth-order valence-corrected chi connectivity index (χ4v) is 5.17. The Balaban J connectivity index is 1.87. The zero-order chi connectivity index (χ0) is 21.3. The van der Waals surface area contributed by atoms with E-state index in [1.807, 2.05) is 78.9 Å². The van der Waals surface area contributed by atoms with Gasteiger partial charge in [-0.2, -0.15) is 0 Å². The van der Waals surface area contributed by atoms with Gasteiger partial charge >= 0.3 is 15.0 Å². The summed E-state index contributed by atoms with van der Waals surface area (Å²) in [5.74, 6) is -1.07. The van der Waals surface area contributed by atoms with Crippen LogP contribution in [0.25, 0.3) is 10.9 Å². The number of aromatic nitrogens is 2. The Morgan fingerprint density at radius 2 is 1.50 bits per heavy atom. The number of rotatable bonds is 5. The first-order valence-corrected chi connectivity index (χ1v) is 11.2. The fraction of sp³-hybridized carbons (Fsp3) is 0.167. The molecule has 0 fully saturated rings. The van der Waals surface area contributed by atoms with Crippen molar-refractivity contribution < 1.29 is 14.4 Å². The van der Waals surface area contributed by atoms with Crippen molar-refractivity contribution >= 4 is 36.3 Å². The number of nitrogens with zero attached hydrogens (tertiary/aromatic N) is 2. The van der Waals surface area contributed by atoms with Crippen LogP contribution >= 0.6 is 0 Å². The van der Waals surface area contributed by atoms with Gasteiger partial charge in [-0.25, -0.2) is 4.79 Å². The van der Waals surface area contributed by atoms with Crippen LogP contribution in [0.2, 0.25) is 0 Å². The highest BCUT2D eigenvalue weighted by Crippen LogP contribution is 2.27. The van der Waals surface area contributed by atoms with Crippen LogP contribution in [0, 0.1) is 0 Å². The van der Waals surface area contributed by atoms with Gasteiger partial charge in [0.15, 0.2) is 5.69 Å². The highest BCUT2D eigenvalue weighted by molar-refractivity contribution is 6.80. The summed E-state index contributed by atoms with van der Waals surface area (Å²) in [5, 5.41) is 16.7. The molecule has 3 aromatic carbocycles. The molecular weight excluding hydrogens is 392 g/mol. The quantitative estimate of drug-likeness (QED) is 0.508. The molecule has 1 radical (unpaired) electrons. The SMILES string of the molecule is CC(C)(C)c1ccc2c(C(=O)O)nn(O[Si](c3ccccc3)c3ccccc3)c2c1. The number of carboxylic acids is 1. The van der Waals surface area contributed by atoms with Crippen molar-refractivity contribution in [2.75, 3.05) is 0 Å². The van der Waals surface area contributed by atoms with Gasteiger partial charge in [0, 0.05) is 5.39 Å². The monoisotopic (exact) mass is 415 g/mol. The number of fused-ring (bicyclic) bond motifs is 1. The summed E-state index contributed by atoms with van der Waals surface area (Å²) in [5.41, 5.74) is 1.66. The van der Waals surface area contributed by atoms with Gasteiger partial charge in [0.1, 0.15) is 5.52 Å². The Kier molecular flexibility index (Phi) is 5.18. The maximum Gasteiger partial charge on any atom is 0.390 e. The van der Waals surface area contributed by atoms with Crippen LogP contribution in [0.1, 0.15) is 36.8 Å². The molecule has 0 amide bonds. The van der Waals surface area contributed by atoms with Crippen molar-refractivity contribution in [1.82, 2.24) is 9.94 Å². The molecular formula is C24H23N2O3Si. The third-order valence-corrected chi connectivity index (χ3v) is 7.04. The predicted molar refractivity (Wildman–Crippen MR) is 120 cm³/mol. The normalized spacial score (nSPS) is 11.7. The van der Waals surface area contributed by atoms with E-state index >= 15 is 0 Å². The van der Waals surface area contributed by atoms with Crippen molar-refractivity contribution in [3.05, 3.63) is 90.1 Å². The molecule has 151 valence electrons. The van der Waals surface area contributed by atoms with Crippen molar-refractivity contribution in [3.63, 3.8) is 0 Å². The maximum atomic E-state index is 11.8. The molecule has 1 heterocycles. The molecule has 1 N–H and O–H groups in total. The van der Waals surface area contributed by atoms with Gasteiger partial charge in [0.05, 0.1) is 0 Å². The summed E-state index contributed by atoms with van der Waals surface area (Å²) < 4.78 is 6.44. The van der Waals surface area contributed by atoms with Crippen LogP contribution in [0.5, 0.6) is 0 Å². The smallest absolute Gasteiger partial charge is 0.390 e. The van der Waals surface area contributed by atoms with Crippen LogP contribution in [0.4, 0.5) is 0 Å². The molecule has 0 bridgehead atoms. The Labute approximate surface area is 177 Å². The second-order valence-corrected chi connectivity index (χ2v) is 10.2. The lowest BCUT2D eigenvalue weighted by molar-refractivity contribution is 0.0687. The third-order valence-electron chi connectivity index (χ3n) is 4.97. The minimum atomic E-state index is -1.69. The third kappa shape index (κ3) is 3.86. The van der Waals surface area contributed by atoms with Gasteiger partial charge in [-0.1, -0.05) is 87.5 Å². The van der Waals surface area contributed by atoms with Gasteiger partial charge in [0.25, 0.3) is 0 Å².